The molecule has 1 atom stereocenters. The Morgan fingerprint density at radius 3 is 2.45 bits per heavy atom. The summed E-state index contributed by atoms with van der Waals surface area (Å²) >= 11 is 0. The second kappa shape index (κ2) is 9.60. The maximum Gasteiger partial charge on any atom is 0.220 e. The van der Waals surface area contributed by atoms with Gasteiger partial charge < -0.3 is 5.32 Å². The van der Waals surface area contributed by atoms with E-state index in [0.29, 0.717) is 12.3 Å². The van der Waals surface area contributed by atoms with E-state index >= 15 is 0 Å². The molecule has 0 radical (unpaired) electrons. The number of amides is 1. The molecule has 1 N–H and O–H groups in total. The molecule has 124 valence electrons. The molecule has 0 heterocycles. The van der Waals surface area contributed by atoms with Crippen LogP contribution in [0.3, 0.4) is 0 Å². The number of allylic oxidation sites excluding steroid dienone is 4. The van der Waals surface area contributed by atoms with E-state index in [4.69, 9.17) is 0 Å². The van der Waals surface area contributed by atoms with Crippen LogP contribution >= 0.6 is 0 Å². The summed E-state index contributed by atoms with van der Waals surface area (Å²) in [6.07, 6.45) is 11.8. The minimum Gasteiger partial charge on any atom is -0.346 e. The third-order valence-electron chi connectivity index (χ3n) is 3.90. The number of carbonyl (C=O) groups excluding carboxylic acids is 2. The average Bonchev–Trinajstić information content (AvgIpc) is 2.46. The summed E-state index contributed by atoms with van der Waals surface area (Å²) < 4.78 is 0. The van der Waals surface area contributed by atoms with Crippen LogP contribution in [0.15, 0.2) is 23.8 Å². The van der Waals surface area contributed by atoms with Crippen LogP contribution in [-0.4, -0.2) is 17.7 Å². The molecule has 1 rings (SSSR count). The van der Waals surface area contributed by atoms with E-state index in [2.05, 4.69) is 37.4 Å². The molecule has 0 aromatic rings. The molecule has 0 fully saturated rings. The lowest BCUT2D eigenvalue weighted by Gasteiger charge is -2.21. The number of hydrogen-bond acceptors (Lipinski definition) is 2. The fourth-order valence-corrected chi connectivity index (χ4v) is 2.69. The zero-order valence-corrected chi connectivity index (χ0v) is 14.5. The highest BCUT2D eigenvalue weighted by molar-refractivity contribution is 5.90. The highest BCUT2D eigenvalue weighted by Gasteiger charge is 2.23. The van der Waals surface area contributed by atoms with Crippen molar-refractivity contribution in [2.75, 3.05) is 0 Å². The van der Waals surface area contributed by atoms with Crippen LogP contribution in [0.2, 0.25) is 0 Å². The second-order valence-electron chi connectivity index (χ2n) is 6.92. The monoisotopic (exact) mass is 305 g/mol. The molecule has 0 aromatic carbocycles. The molecular formula is C19H31NO2. The Morgan fingerprint density at radius 1 is 1.18 bits per heavy atom. The SMILES string of the molecule is CC(C)C[C@H](NC(=O)CCCC1=CCCC=C1)C(=O)C(C)C. The van der Waals surface area contributed by atoms with Crippen molar-refractivity contribution >= 4 is 11.7 Å². The first kappa shape index (κ1) is 18.7. The maximum absolute atomic E-state index is 12.2. The second-order valence-corrected chi connectivity index (χ2v) is 6.92. The molecule has 0 bridgehead atoms. The molecule has 0 aliphatic heterocycles. The third kappa shape index (κ3) is 7.06. The third-order valence-corrected chi connectivity index (χ3v) is 3.90. The molecule has 1 amide bonds. The molecule has 0 spiro atoms. The lowest BCUT2D eigenvalue weighted by Crippen LogP contribution is -2.43. The number of Topliss-reactive ketones (excluding diaryl/α,β-unsaturated/α-hetero) is 1. The molecule has 0 unspecified atom stereocenters. The van der Waals surface area contributed by atoms with E-state index in [0.717, 1.165) is 32.1 Å². The van der Waals surface area contributed by atoms with Gasteiger partial charge in [-0.1, -0.05) is 51.5 Å². The van der Waals surface area contributed by atoms with Gasteiger partial charge in [-0.2, -0.15) is 0 Å². The van der Waals surface area contributed by atoms with Gasteiger partial charge in [-0.25, -0.2) is 0 Å². The van der Waals surface area contributed by atoms with Gasteiger partial charge in [0.2, 0.25) is 5.91 Å². The van der Waals surface area contributed by atoms with Crippen LogP contribution in [0.1, 0.15) is 66.2 Å². The molecule has 3 heteroatoms. The van der Waals surface area contributed by atoms with E-state index < -0.39 is 0 Å². The van der Waals surface area contributed by atoms with E-state index in [-0.39, 0.29) is 23.7 Å². The van der Waals surface area contributed by atoms with Crippen molar-refractivity contribution in [2.24, 2.45) is 11.8 Å². The topological polar surface area (TPSA) is 46.2 Å². The molecule has 0 saturated heterocycles. The van der Waals surface area contributed by atoms with Crippen molar-refractivity contribution in [1.82, 2.24) is 5.32 Å². The van der Waals surface area contributed by atoms with Crippen molar-refractivity contribution < 1.29 is 9.59 Å². The first-order chi connectivity index (χ1) is 10.4. The fraction of sp³-hybridized carbons (Fsp3) is 0.684. The molecule has 1 aliphatic rings. The normalized spacial score (nSPS) is 15.8. The van der Waals surface area contributed by atoms with Gasteiger partial charge in [0.25, 0.3) is 0 Å². The van der Waals surface area contributed by atoms with Gasteiger partial charge in [-0.15, -0.1) is 0 Å². The maximum atomic E-state index is 12.2. The average molecular weight is 305 g/mol. The number of nitrogens with one attached hydrogen (secondary N) is 1. The molecule has 1 aliphatic carbocycles. The number of rotatable bonds is 9. The van der Waals surface area contributed by atoms with Crippen LogP contribution in [-0.2, 0) is 9.59 Å². The molecule has 3 nitrogen and oxygen atoms in total. The van der Waals surface area contributed by atoms with Gasteiger partial charge in [0.05, 0.1) is 6.04 Å². The predicted molar refractivity (Wildman–Crippen MR) is 91.5 cm³/mol. The van der Waals surface area contributed by atoms with Crippen LogP contribution in [0.25, 0.3) is 0 Å². The molecule has 0 aromatic heterocycles. The summed E-state index contributed by atoms with van der Waals surface area (Å²) in [7, 11) is 0. The summed E-state index contributed by atoms with van der Waals surface area (Å²) in [5.41, 5.74) is 1.33. The number of hydrogen-bond donors (Lipinski definition) is 1. The van der Waals surface area contributed by atoms with Gasteiger partial charge in [0.15, 0.2) is 5.78 Å². The first-order valence-corrected chi connectivity index (χ1v) is 8.58. The number of ketones is 1. The first-order valence-electron chi connectivity index (χ1n) is 8.58. The Labute approximate surface area is 135 Å². The van der Waals surface area contributed by atoms with Crippen LogP contribution in [0, 0.1) is 11.8 Å². The molecule has 0 saturated carbocycles. The fourth-order valence-electron chi connectivity index (χ4n) is 2.69. The highest BCUT2D eigenvalue weighted by Crippen LogP contribution is 2.16. The van der Waals surface area contributed by atoms with Crippen molar-refractivity contribution in [1.29, 1.82) is 0 Å². The lowest BCUT2D eigenvalue weighted by atomic mass is 9.94. The lowest BCUT2D eigenvalue weighted by molar-refractivity contribution is -0.129. The smallest absolute Gasteiger partial charge is 0.220 e. The van der Waals surface area contributed by atoms with Gasteiger partial charge in [-0.05, 0) is 38.0 Å². The van der Waals surface area contributed by atoms with Crippen LogP contribution < -0.4 is 5.32 Å². The molecule has 22 heavy (non-hydrogen) atoms. The van der Waals surface area contributed by atoms with Gasteiger partial charge in [0, 0.05) is 12.3 Å². The van der Waals surface area contributed by atoms with Crippen LogP contribution in [0.5, 0.6) is 0 Å². The Bertz CT molecular complexity index is 433. The Kier molecular flexibility index (Phi) is 8.15. The minimum absolute atomic E-state index is 0.0000361. The van der Waals surface area contributed by atoms with E-state index in [9.17, 15) is 9.59 Å². The van der Waals surface area contributed by atoms with E-state index in [1.54, 1.807) is 0 Å². The largest absolute Gasteiger partial charge is 0.346 e. The number of carbonyl (C=O) groups is 2. The molecular weight excluding hydrogens is 274 g/mol. The van der Waals surface area contributed by atoms with Crippen molar-refractivity contribution in [2.45, 2.75) is 72.3 Å². The summed E-state index contributed by atoms with van der Waals surface area (Å²) in [5, 5.41) is 2.94. The van der Waals surface area contributed by atoms with Gasteiger partial charge >= 0.3 is 0 Å². The summed E-state index contributed by atoms with van der Waals surface area (Å²) in [5.74, 6) is 0.493. The predicted octanol–water partition coefficient (Wildman–Crippen LogP) is 4.19. The van der Waals surface area contributed by atoms with E-state index in [1.165, 1.54) is 5.57 Å². The standard InChI is InChI=1S/C19H31NO2/c1-14(2)13-17(19(22)15(3)4)20-18(21)12-8-11-16-9-6-5-7-10-16/h6,9-10,14-15,17H,5,7-8,11-13H2,1-4H3,(H,20,21)/t17-/m0/s1. The van der Waals surface area contributed by atoms with Gasteiger partial charge in [0.1, 0.15) is 0 Å². The summed E-state index contributed by atoms with van der Waals surface area (Å²) in [6.45, 7) is 7.94. The van der Waals surface area contributed by atoms with Crippen molar-refractivity contribution in [3.8, 4) is 0 Å². The van der Waals surface area contributed by atoms with Crippen molar-refractivity contribution in [3.05, 3.63) is 23.8 Å². The van der Waals surface area contributed by atoms with Gasteiger partial charge in [-0.3, -0.25) is 9.59 Å². The Morgan fingerprint density at radius 2 is 1.91 bits per heavy atom. The summed E-state index contributed by atoms with van der Waals surface area (Å²) in [6, 6.07) is -0.332. The Hall–Kier alpha value is -1.38. The van der Waals surface area contributed by atoms with Crippen LogP contribution in [0.4, 0.5) is 0 Å². The zero-order valence-electron chi connectivity index (χ0n) is 14.5. The quantitative estimate of drug-likeness (QED) is 0.694. The zero-order chi connectivity index (χ0) is 16.5. The summed E-state index contributed by atoms with van der Waals surface area (Å²) in [4.78, 5) is 24.3. The van der Waals surface area contributed by atoms with Crippen molar-refractivity contribution in [3.63, 3.8) is 0 Å². The minimum atomic E-state index is -0.332. The van der Waals surface area contributed by atoms with E-state index in [1.807, 2.05) is 13.8 Å². The highest BCUT2D eigenvalue weighted by atomic mass is 16.2. The Balaban J connectivity index is 2.40.